The van der Waals surface area contributed by atoms with E-state index in [0.29, 0.717) is 13.0 Å². The van der Waals surface area contributed by atoms with E-state index >= 15 is 0 Å². The molecule has 0 saturated heterocycles. The lowest BCUT2D eigenvalue weighted by molar-refractivity contribution is -0.121. The molecule has 2 N–H and O–H groups in total. The molecular formula is C14H20N2O3. The van der Waals surface area contributed by atoms with Crippen LogP contribution in [0.4, 0.5) is 5.69 Å². The van der Waals surface area contributed by atoms with Crippen molar-refractivity contribution in [1.82, 2.24) is 5.32 Å². The highest BCUT2D eigenvalue weighted by atomic mass is 16.5. The standard InChI is InChI=1S/C14H20N2O3/c1-10(9-19-3)15-14(18)8-12-4-6-13(7-5-12)16-11(2)17/h4-7,10H,8-9H2,1-3H3,(H,15,18)(H,16,17). The lowest BCUT2D eigenvalue weighted by Gasteiger charge is -2.12. The van der Waals surface area contributed by atoms with Crippen molar-refractivity contribution in [2.24, 2.45) is 0 Å². The van der Waals surface area contributed by atoms with Gasteiger partial charge in [0.15, 0.2) is 0 Å². The third-order valence-electron chi connectivity index (χ3n) is 2.46. The molecule has 0 fully saturated rings. The van der Waals surface area contributed by atoms with Gasteiger partial charge in [0.1, 0.15) is 0 Å². The van der Waals surface area contributed by atoms with E-state index in [2.05, 4.69) is 10.6 Å². The van der Waals surface area contributed by atoms with Crippen LogP contribution in [0.5, 0.6) is 0 Å². The lowest BCUT2D eigenvalue weighted by Crippen LogP contribution is -2.36. The Morgan fingerprint density at radius 3 is 2.42 bits per heavy atom. The number of ether oxygens (including phenoxy) is 1. The molecule has 1 unspecified atom stereocenters. The number of amides is 2. The molecule has 0 bridgehead atoms. The van der Waals surface area contributed by atoms with E-state index in [1.807, 2.05) is 19.1 Å². The van der Waals surface area contributed by atoms with E-state index in [1.54, 1.807) is 19.2 Å². The summed E-state index contributed by atoms with van der Waals surface area (Å²) in [5.41, 5.74) is 1.63. The highest BCUT2D eigenvalue weighted by Crippen LogP contribution is 2.10. The van der Waals surface area contributed by atoms with Crippen molar-refractivity contribution < 1.29 is 14.3 Å². The zero-order valence-corrected chi connectivity index (χ0v) is 11.5. The zero-order valence-electron chi connectivity index (χ0n) is 11.5. The summed E-state index contributed by atoms with van der Waals surface area (Å²) in [6.45, 7) is 3.84. The maximum absolute atomic E-state index is 11.7. The van der Waals surface area contributed by atoms with Gasteiger partial charge >= 0.3 is 0 Å². The molecule has 0 aliphatic carbocycles. The van der Waals surface area contributed by atoms with Crippen LogP contribution in [0.2, 0.25) is 0 Å². The topological polar surface area (TPSA) is 67.4 Å². The van der Waals surface area contributed by atoms with Crippen molar-refractivity contribution in [2.45, 2.75) is 26.3 Å². The zero-order chi connectivity index (χ0) is 14.3. The molecule has 5 nitrogen and oxygen atoms in total. The van der Waals surface area contributed by atoms with Crippen molar-refractivity contribution in [3.8, 4) is 0 Å². The number of methoxy groups -OCH3 is 1. The Morgan fingerprint density at radius 1 is 1.26 bits per heavy atom. The predicted molar refractivity (Wildman–Crippen MR) is 73.9 cm³/mol. The molecule has 0 aromatic heterocycles. The monoisotopic (exact) mass is 264 g/mol. The van der Waals surface area contributed by atoms with Gasteiger partial charge < -0.3 is 15.4 Å². The second-order valence-electron chi connectivity index (χ2n) is 4.48. The van der Waals surface area contributed by atoms with Crippen molar-refractivity contribution in [3.63, 3.8) is 0 Å². The maximum Gasteiger partial charge on any atom is 0.224 e. The van der Waals surface area contributed by atoms with Crippen molar-refractivity contribution >= 4 is 17.5 Å². The average molecular weight is 264 g/mol. The number of nitrogens with one attached hydrogen (secondary N) is 2. The first kappa shape index (κ1) is 15.2. The van der Waals surface area contributed by atoms with Gasteiger partial charge in [-0.05, 0) is 24.6 Å². The molecule has 0 radical (unpaired) electrons. The summed E-state index contributed by atoms with van der Waals surface area (Å²) in [4.78, 5) is 22.6. The average Bonchev–Trinajstić information content (AvgIpc) is 2.31. The molecule has 0 aliphatic heterocycles. The van der Waals surface area contributed by atoms with Crippen LogP contribution in [0.15, 0.2) is 24.3 Å². The van der Waals surface area contributed by atoms with Crippen molar-refractivity contribution in [3.05, 3.63) is 29.8 Å². The Labute approximate surface area is 113 Å². The van der Waals surface area contributed by atoms with Crippen LogP contribution in [0.1, 0.15) is 19.4 Å². The second-order valence-corrected chi connectivity index (χ2v) is 4.48. The molecular weight excluding hydrogens is 244 g/mol. The van der Waals surface area contributed by atoms with Crippen LogP contribution < -0.4 is 10.6 Å². The van der Waals surface area contributed by atoms with Gasteiger partial charge in [-0.3, -0.25) is 9.59 Å². The Bertz CT molecular complexity index is 429. The van der Waals surface area contributed by atoms with Crippen molar-refractivity contribution in [2.75, 3.05) is 19.0 Å². The summed E-state index contributed by atoms with van der Waals surface area (Å²) < 4.78 is 4.95. The maximum atomic E-state index is 11.7. The second kappa shape index (κ2) is 7.53. The number of anilines is 1. The summed E-state index contributed by atoms with van der Waals surface area (Å²) in [5, 5.41) is 5.52. The first-order chi connectivity index (χ1) is 9.01. The number of rotatable bonds is 6. The Morgan fingerprint density at radius 2 is 1.89 bits per heavy atom. The smallest absolute Gasteiger partial charge is 0.224 e. The first-order valence-corrected chi connectivity index (χ1v) is 6.16. The number of carbonyl (C=O) groups is 2. The third-order valence-corrected chi connectivity index (χ3v) is 2.46. The quantitative estimate of drug-likeness (QED) is 0.814. The van der Waals surface area contributed by atoms with Crippen LogP contribution >= 0.6 is 0 Å². The fourth-order valence-electron chi connectivity index (χ4n) is 1.71. The lowest BCUT2D eigenvalue weighted by atomic mass is 10.1. The number of benzene rings is 1. The molecule has 0 saturated carbocycles. The molecule has 19 heavy (non-hydrogen) atoms. The summed E-state index contributed by atoms with van der Waals surface area (Å²) in [7, 11) is 1.60. The fraction of sp³-hybridized carbons (Fsp3) is 0.429. The molecule has 104 valence electrons. The van der Waals surface area contributed by atoms with Crippen LogP contribution in [0, 0.1) is 0 Å². The summed E-state index contributed by atoms with van der Waals surface area (Å²) in [5.74, 6) is -0.157. The van der Waals surface area contributed by atoms with Gasteiger partial charge in [-0.25, -0.2) is 0 Å². The van der Waals surface area contributed by atoms with E-state index in [0.717, 1.165) is 11.3 Å². The van der Waals surface area contributed by atoms with Gasteiger partial charge in [-0.15, -0.1) is 0 Å². The first-order valence-electron chi connectivity index (χ1n) is 6.16. The molecule has 1 aromatic rings. The molecule has 1 aromatic carbocycles. The van der Waals surface area contributed by atoms with E-state index in [1.165, 1.54) is 6.92 Å². The molecule has 5 heteroatoms. The van der Waals surface area contributed by atoms with E-state index in [9.17, 15) is 9.59 Å². The predicted octanol–water partition coefficient (Wildman–Crippen LogP) is 1.34. The third kappa shape index (κ3) is 6.01. The van der Waals surface area contributed by atoms with Gasteiger partial charge in [-0.2, -0.15) is 0 Å². The fourth-order valence-corrected chi connectivity index (χ4v) is 1.71. The summed E-state index contributed by atoms with van der Waals surface area (Å²) in [6, 6.07) is 7.21. The summed E-state index contributed by atoms with van der Waals surface area (Å²) >= 11 is 0. The molecule has 2 amide bonds. The Balaban J connectivity index is 2.48. The van der Waals surface area contributed by atoms with E-state index in [-0.39, 0.29) is 17.9 Å². The molecule has 0 spiro atoms. The van der Waals surface area contributed by atoms with E-state index < -0.39 is 0 Å². The number of hydrogen-bond acceptors (Lipinski definition) is 3. The van der Waals surface area contributed by atoms with Crippen LogP contribution in [-0.2, 0) is 20.7 Å². The van der Waals surface area contributed by atoms with Crippen LogP contribution in [0.25, 0.3) is 0 Å². The summed E-state index contributed by atoms with van der Waals surface area (Å²) in [6.07, 6.45) is 0.314. The number of carbonyl (C=O) groups excluding carboxylic acids is 2. The van der Waals surface area contributed by atoms with Gasteiger partial charge in [0.2, 0.25) is 11.8 Å². The minimum atomic E-state index is -0.112. The molecule has 0 aliphatic rings. The highest BCUT2D eigenvalue weighted by Gasteiger charge is 2.07. The Hall–Kier alpha value is -1.88. The van der Waals surface area contributed by atoms with Crippen LogP contribution in [-0.4, -0.2) is 31.6 Å². The minimum Gasteiger partial charge on any atom is -0.383 e. The van der Waals surface area contributed by atoms with Crippen molar-refractivity contribution in [1.29, 1.82) is 0 Å². The van der Waals surface area contributed by atoms with E-state index in [4.69, 9.17) is 4.74 Å². The molecule has 0 heterocycles. The van der Waals surface area contributed by atoms with Gasteiger partial charge in [0, 0.05) is 25.8 Å². The largest absolute Gasteiger partial charge is 0.383 e. The number of hydrogen-bond donors (Lipinski definition) is 2. The van der Waals surface area contributed by atoms with Crippen LogP contribution in [0.3, 0.4) is 0 Å². The highest BCUT2D eigenvalue weighted by molar-refractivity contribution is 5.88. The Kier molecular flexibility index (Phi) is 6.02. The van der Waals surface area contributed by atoms with Gasteiger partial charge in [0.25, 0.3) is 0 Å². The van der Waals surface area contributed by atoms with Gasteiger partial charge in [0.05, 0.1) is 13.0 Å². The molecule has 1 rings (SSSR count). The molecule has 1 atom stereocenters. The van der Waals surface area contributed by atoms with Gasteiger partial charge in [-0.1, -0.05) is 12.1 Å². The minimum absolute atomic E-state index is 0.00356. The SMILES string of the molecule is COCC(C)NC(=O)Cc1ccc(NC(C)=O)cc1. The normalized spacial score (nSPS) is 11.7.